The maximum absolute atomic E-state index is 12.5. The zero-order chi connectivity index (χ0) is 15.5. The minimum Gasteiger partial charge on any atom is -0.497 e. The van der Waals surface area contributed by atoms with Gasteiger partial charge in [-0.3, -0.25) is 4.72 Å². The van der Waals surface area contributed by atoms with Crippen molar-refractivity contribution in [2.45, 2.75) is 11.8 Å². The molecule has 5 nitrogen and oxygen atoms in total. The van der Waals surface area contributed by atoms with Crippen molar-refractivity contribution in [3.8, 4) is 11.5 Å². The van der Waals surface area contributed by atoms with Crippen molar-refractivity contribution < 1.29 is 17.9 Å². The number of aryl methyl sites for hydroxylation is 1. The summed E-state index contributed by atoms with van der Waals surface area (Å²) in [5.41, 5.74) is 1.54. The van der Waals surface area contributed by atoms with Gasteiger partial charge in [0, 0.05) is 11.8 Å². The van der Waals surface area contributed by atoms with Gasteiger partial charge in [-0.15, -0.1) is 0 Å². The molecule has 0 aliphatic heterocycles. The molecule has 0 atom stereocenters. The molecule has 2 aromatic carbocycles. The van der Waals surface area contributed by atoms with Gasteiger partial charge in [0.1, 0.15) is 16.4 Å². The van der Waals surface area contributed by atoms with E-state index >= 15 is 0 Å². The first-order valence-electron chi connectivity index (χ1n) is 6.28. The van der Waals surface area contributed by atoms with E-state index in [2.05, 4.69) is 4.72 Å². The van der Waals surface area contributed by atoms with Crippen LogP contribution in [0.15, 0.2) is 47.4 Å². The molecular weight excluding hydrogens is 290 g/mol. The first-order valence-corrected chi connectivity index (χ1v) is 7.76. The van der Waals surface area contributed by atoms with Crippen LogP contribution in [0.1, 0.15) is 5.56 Å². The summed E-state index contributed by atoms with van der Waals surface area (Å²) in [7, 11) is -0.855. The van der Waals surface area contributed by atoms with Crippen LogP contribution >= 0.6 is 0 Å². The SMILES string of the molecule is COc1ccc(OC)c(S(=O)(=O)Nc2ccc(C)cc2)c1. The number of hydrogen-bond acceptors (Lipinski definition) is 4. The topological polar surface area (TPSA) is 64.6 Å². The molecule has 0 spiro atoms. The van der Waals surface area contributed by atoms with Crippen molar-refractivity contribution in [2.24, 2.45) is 0 Å². The summed E-state index contributed by atoms with van der Waals surface area (Å²) in [5.74, 6) is 0.704. The smallest absolute Gasteiger partial charge is 0.265 e. The molecule has 0 amide bonds. The van der Waals surface area contributed by atoms with Crippen molar-refractivity contribution in [2.75, 3.05) is 18.9 Å². The van der Waals surface area contributed by atoms with Crippen LogP contribution in [0.3, 0.4) is 0 Å². The molecule has 0 bridgehead atoms. The maximum atomic E-state index is 12.5. The van der Waals surface area contributed by atoms with Gasteiger partial charge < -0.3 is 9.47 Å². The van der Waals surface area contributed by atoms with Crippen molar-refractivity contribution in [3.05, 3.63) is 48.0 Å². The first-order chi connectivity index (χ1) is 9.96. The van der Waals surface area contributed by atoms with E-state index in [1.807, 2.05) is 19.1 Å². The second-order valence-electron chi connectivity index (χ2n) is 4.49. The fourth-order valence-corrected chi connectivity index (χ4v) is 3.07. The van der Waals surface area contributed by atoms with E-state index in [1.54, 1.807) is 24.3 Å². The van der Waals surface area contributed by atoms with Crippen molar-refractivity contribution in [3.63, 3.8) is 0 Å². The third kappa shape index (κ3) is 3.46. The summed E-state index contributed by atoms with van der Waals surface area (Å²) < 4.78 is 37.7. The Hall–Kier alpha value is -2.21. The number of nitrogens with one attached hydrogen (secondary N) is 1. The minimum absolute atomic E-state index is 0.0323. The molecule has 0 saturated carbocycles. The average molecular weight is 307 g/mol. The van der Waals surface area contributed by atoms with Gasteiger partial charge in [0.2, 0.25) is 0 Å². The Bertz CT molecular complexity index is 724. The Balaban J connectivity index is 2.41. The van der Waals surface area contributed by atoms with Crippen LogP contribution in [0.4, 0.5) is 5.69 Å². The van der Waals surface area contributed by atoms with E-state index in [1.165, 1.54) is 20.3 Å². The molecular formula is C15H17NO4S. The summed E-state index contributed by atoms with van der Waals surface area (Å²) in [5, 5.41) is 0. The van der Waals surface area contributed by atoms with E-state index in [9.17, 15) is 8.42 Å². The van der Waals surface area contributed by atoms with E-state index in [0.717, 1.165) is 5.56 Å². The Morgan fingerprint density at radius 3 is 2.19 bits per heavy atom. The average Bonchev–Trinajstić information content (AvgIpc) is 2.48. The summed E-state index contributed by atoms with van der Waals surface area (Å²) in [6.45, 7) is 1.93. The quantitative estimate of drug-likeness (QED) is 0.922. The molecule has 6 heteroatoms. The lowest BCUT2D eigenvalue weighted by molar-refractivity contribution is 0.392. The zero-order valence-electron chi connectivity index (χ0n) is 12.1. The predicted molar refractivity (Wildman–Crippen MR) is 81.5 cm³/mol. The van der Waals surface area contributed by atoms with E-state index in [0.29, 0.717) is 11.4 Å². The number of hydrogen-bond donors (Lipinski definition) is 1. The summed E-state index contributed by atoms with van der Waals surface area (Å²) in [4.78, 5) is 0.0323. The molecule has 0 unspecified atom stereocenters. The lowest BCUT2D eigenvalue weighted by atomic mass is 10.2. The number of anilines is 1. The summed E-state index contributed by atoms with van der Waals surface area (Å²) >= 11 is 0. The van der Waals surface area contributed by atoms with Gasteiger partial charge in [-0.25, -0.2) is 8.42 Å². The molecule has 2 rings (SSSR count). The van der Waals surface area contributed by atoms with E-state index < -0.39 is 10.0 Å². The van der Waals surface area contributed by atoms with Crippen LogP contribution < -0.4 is 14.2 Å². The van der Waals surface area contributed by atoms with Crippen LogP contribution in [0.2, 0.25) is 0 Å². The molecule has 0 heterocycles. The monoisotopic (exact) mass is 307 g/mol. The Morgan fingerprint density at radius 2 is 1.62 bits per heavy atom. The van der Waals surface area contributed by atoms with Gasteiger partial charge in [0.25, 0.3) is 10.0 Å². The van der Waals surface area contributed by atoms with Crippen LogP contribution in [0, 0.1) is 6.92 Å². The number of sulfonamides is 1. The molecule has 112 valence electrons. The summed E-state index contributed by atoms with van der Waals surface area (Å²) in [6, 6.07) is 11.7. The number of methoxy groups -OCH3 is 2. The highest BCUT2D eigenvalue weighted by Crippen LogP contribution is 2.29. The molecule has 0 aliphatic carbocycles. The second-order valence-corrected chi connectivity index (χ2v) is 6.14. The second kappa shape index (κ2) is 6.05. The molecule has 1 N–H and O–H groups in total. The van der Waals surface area contributed by atoms with Crippen LogP contribution in [-0.2, 0) is 10.0 Å². The van der Waals surface area contributed by atoms with Gasteiger partial charge in [-0.1, -0.05) is 17.7 Å². The predicted octanol–water partition coefficient (Wildman–Crippen LogP) is 2.81. The molecule has 0 saturated heterocycles. The Kier molecular flexibility index (Phi) is 4.37. The van der Waals surface area contributed by atoms with Crippen molar-refractivity contribution in [1.29, 1.82) is 0 Å². The fraction of sp³-hybridized carbons (Fsp3) is 0.200. The van der Waals surface area contributed by atoms with Gasteiger partial charge in [0.05, 0.1) is 14.2 Å². The highest BCUT2D eigenvalue weighted by atomic mass is 32.2. The third-order valence-electron chi connectivity index (χ3n) is 2.96. The largest absolute Gasteiger partial charge is 0.497 e. The molecule has 0 aromatic heterocycles. The number of rotatable bonds is 5. The Labute approximate surface area is 124 Å². The number of ether oxygens (including phenoxy) is 2. The normalized spacial score (nSPS) is 11.0. The highest BCUT2D eigenvalue weighted by Gasteiger charge is 2.20. The van der Waals surface area contributed by atoms with Gasteiger partial charge in [0.15, 0.2) is 0 Å². The summed E-state index contributed by atoms with van der Waals surface area (Å²) in [6.07, 6.45) is 0. The minimum atomic E-state index is -3.76. The molecule has 0 radical (unpaired) electrons. The molecule has 2 aromatic rings. The van der Waals surface area contributed by atoms with Gasteiger partial charge in [-0.05, 0) is 31.2 Å². The highest BCUT2D eigenvalue weighted by molar-refractivity contribution is 7.92. The third-order valence-corrected chi connectivity index (χ3v) is 4.37. The molecule has 21 heavy (non-hydrogen) atoms. The van der Waals surface area contributed by atoms with Gasteiger partial charge in [-0.2, -0.15) is 0 Å². The van der Waals surface area contributed by atoms with Crippen LogP contribution in [-0.4, -0.2) is 22.6 Å². The maximum Gasteiger partial charge on any atom is 0.265 e. The zero-order valence-corrected chi connectivity index (χ0v) is 12.9. The fourth-order valence-electron chi connectivity index (χ4n) is 1.83. The standard InChI is InChI=1S/C15H17NO4S/c1-11-4-6-12(7-5-11)16-21(17,18)15-10-13(19-2)8-9-14(15)20-3/h4-10,16H,1-3H3. The first kappa shape index (κ1) is 15.2. The van der Waals surface area contributed by atoms with Crippen molar-refractivity contribution >= 4 is 15.7 Å². The molecule has 0 aliphatic rings. The van der Waals surface area contributed by atoms with Crippen LogP contribution in [0.25, 0.3) is 0 Å². The Morgan fingerprint density at radius 1 is 0.952 bits per heavy atom. The van der Waals surface area contributed by atoms with Crippen molar-refractivity contribution in [1.82, 2.24) is 0 Å². The lowest BCUT2D eigenvalue weighted by Crippen LogP contribution is -2.14. The lowest BCUT2D eigenvalue weighted by Gasteiger charge is -2.13. The van der Waals surface area contributed by atoms with Crippen LogP contribution in [0.5, 0.6) is 11.5 Å². The number of benzene rings is 2. The van der Waals surface area contributed by atoms with E-state index in [4.69, 9.17) is 9.47 Å². The molecule has 0 fully saturated rings. The van der Waals surface area contributed by atoms with E-state index in [-0.39, 0.29) is 10.6 Å². The van der Waals surface area contributed by atoms with Gasteiger partial charge >= 0.3 is 0 Å².